The summed E-state index contributed by atoms with van der Waals surface area (Å²) in [6, 6.07) is 4.40. The van der Waals surface area contributed by atoms with E-state index in [1.807, 2.05) is 4.90 Å². The fourth-order valence-corrected chi connectivity index (χ4v) is 2.37. The monoisotopic (exact) mass is 258 g/mol. The molecule has 0 spiro atoms. The Morgan fingerprint density at radius 3 is 2.33 bits per heavy atom. The Hall–Kier alpha value is -1.23. The Morgan fingerprint density at radius 1 is 1.28 bits per heavy atom. The van der Waals surface area contributed by atoms with Gasteiger partial charge in [0.2, 0.25) is 0 Å². The molecule has 2 rings (SSSR count). The van der Waals surface area contributed by atoms with Crippen LogP contribution in [0, 0.1) is 5.41 Å². The average molecular weight is 258 g/mol. The van der Waals surface area contributed by atoms with E-state index in [4.69, 9.17) is 5.73 Å². The number of halogens is 3. The zero-order valence-electron chi connectivity index (χ0n) is 10.5. The molecule has 1 fully saturated rings. The van der Waals surface area contributed by atoms with E-state index in [0.29, 0.717) is 5.69 Å². The SMILES string of the molecule is CC1(C)CN(c2ccc(CN)c(C(F)(F)F)c2)C1. The van der Waals surface area contributed by atoms with Gasteiger partial charge in [-0.2, -0.15) is 13.2 Å². The highest BCUT2D eigenvalue weighted by Crippen LogP contribution is 2.38. The number of alkyl halides is 3. The number of benzene rings is 1. The maximum atomic E-state index is 12.9. The number of hydrogen-bond acceptors (Lipinski definition) is 2. The van der Waals surface area contributed by atoms with Crippen molar-refractivity contribution in [2.75, 3.05) is 18.0 Å². The van der Waals surface area contributed by atoms with Crippen LogP contribution >= 0.6 is 0 Å². The predicted octanol–water partition coefficient (Wildman–Crippen LogP) is 3.01. The van der Waals surface area contributed by atoms with Crippen LogP contribution in [0.25, 0.3) is 0 Å². The zero-order valence-corrected chi connectivity index (χ0v) is 10.5. The molecule has 0 unspecified atom stereocenters. The highest BCUT2D eigenvalue weighted by Gasteiger charge is 2.37. The Balaban J connectivity index is 2.30. The van der Waals surface area contributed by atoms with Crippen LogP contribution in [0.4, 0.5) is 18.9 Å². The second kappa shape index (κ2) is 4.16. The Bertz CT molecular complexity index is 444. The van der Waals surface area contributed by atoms with Crippen molar-refractivity contribution in [2.24, 2.45) is 11.1 Å². The smallest absolute Gasteiger partial charge is 0.370 e. The van der Waals surface area contributed by atoms with Crippen molar-refractivity contribution in [3.05, 3.63) is 29.3 Å². The molecule has 0 saturated carbocycles. The summed E-state index contributed by atoms with van der Waals surface area (Å²) >= 11 is 0. The van der Waals surface area contributed by atoms with E-state index in [1.165, 1.54) is 12.1 Å². The first kappa shape index (κ1) is 13.2. The van der Waals surface area contributed by atoms with Gasteiger partial charge in [0.05, 0.1) is 5.56 Å². The predicted molar refractivity (Wildman–Crippen MR) is 65.3 cm³/mol. The van der Waals surface area contributed by atoms with Crippen molar-refractivity contribution in [3.8, 4) is 0 Å². The maximum absolute atomic E-state index is 12.9. The van der Waals surface area contributed by atoms with Gasteiger partial charge in [-0.1, -0.05) is 19.9 Å². The molecular formula is C13H17F3N2. The zero-order chi connectivity index (χ0) is 13.6. The molecule has 1 aliphatic heterocycles. The molecule has 0 bridgehead atoms. The van der Waals surface area contributed by atoms with E-state index < -0.39 is 11.7 Å². The molecule has 0 amide bonds. The number of anilines is 1. The number of hydrogen-bond donors (Lipinski definition) is 1. The fraction of sp³-hybridized carbons (Fsp3) is 0.538. The summed E-state index contributed by atoms with van der Waals surface area (Å²) in [6.07, 6.45) is -4.34. The lowest BCUT2D eigenvalue weighted by molar-refractivity contribution is -0.138. The summed E-state index contributed by atoms with van der Waals surface area (Å²) in [5.41, 5.74) is 5.69. The number of nitrogens with zero attached hydrogens (tertiary/aromatic N) is 1. The first-order chi connectivity index (χ1) is 8.23. The van der Waals surface area contributed by atoms with E-state index >= 15 is 0 Å². The van der Waals surface area contributed by atoms with Crippen LogP contribution in [0.3, 0.4) is 0 Å². The highest BCUT2D eigenvalue weighted by atomic mass is 19.4. The summed E-state index contributed by atoms with van der Waals surface area (Å²) in [6.45, 7) is 5.67. The third kappa shape index (κ3) is 2.46. The van der Waals surface area contributed by atoms with Gasteiger partial charge in [0.25, 0.3) is 0 Å². The standard InChI is InChI=1S/C13H17F3N2/c1-12(2)7-18(8-12)10-4-3-9(6-17)11(5-10)13(14,15)16/h3-5H,6-8,17H2,1-2H3. The lowest BCUT2D eigenvalue weighted by Gasteiger charge is -2.47. The Morgan fingerprint density at radius 2 is 1.89 bits per heavy atom. The van der Waals surface area contributed by atoms with E-state index in [0.717, 1.165) is 13.1 Å². The van der Waals surface area contributed by atoms with Crippen molar-refractivity contribution in [1.82, 2.24) is 0 Å². The van der Waals surface area contributed by atoms with Gasteiger partial charge in [-0.15, -0.1) is 0 Å². The fourth-order valence-electron chi connectivity index (χ4n) is 2.37. The van der Waals surface area contributed by atoms with Crippen LogP contribution in [0.5, 0.6) is 0 Å². The van der Waals surface area contributed by atoms with E-state index in [-0.39, 0.29) is 17.5 Å². The normalized spacial score (nSPS) is 18.7. The van der Waals surface area contributed by atoms with Crippen molar-refractivity contribution < 1.29 is 13.2 Å². The van der Waals surface area contributed by atoms with Gasteiger partial charge in [-0.25, -0.2) is 0 Å². The summed E-state index contributed by atoms with van der Waals surface area (Å²) in [7, 11) is 0. The second-order valence-electron chi connectivity index (χ2n) is 5.56. The lowest BCUT2D eigenvalue weighted by atomic mass is 9.84. The van der Waals surface area contributed by atoms with Gasteiger partial charge in [0.1, 0.15) is 0 Å². The summed E-state index contributed by atoms with van der Waals surface area (Å²) < 4.78 is 38.6. The van der Waals surface area contributed by atoms with Crippen LogP contribution in [0.15, 0.2) is 18.2 Å². The largest absolute Gasteiger partial charge is 0.416 e. The van der Waals surface area contributed by atoms with Crippen molar-refractivity contribution in [1.29, 1.82) is 0 Å². The quantitative estimate of drug-likeness (QED) is 0.883. The molecule has 1 heterocycles. The molecule has 0 radical (unpaired) electrons. The molecule has 2 N–H and O–H groups in total. The average Bonchev–Trinajstić information content (AvgIpc) is 2.23. The molecule has 1 aromatic rings. The Kier molecular flexibility index (Phi) is 3.05. The third-order valence-corrected chi connectivity index (χ3v) is 3.22. The van der Waals surface area contributed by atoms with E-state index in [2.05, 4.69) is 13.8 Å². The van der Waals surface area contributed by atoms with Crippen LogP contribution in [-0.2, 0) is 12.7 Å². The third-order valence-electron chi connectivity index (χ3n) is 3.22. The minimum absolute atomic E-state index is 0.0966. The molecule has 0 aromatic heterocycles. The molecule has 2 nitrogen and oxygen atoms in total. The van der Waals surface area contributed by atoms with Crippen LogP contribution in [0.1, 0.15) is 25.0 Å². The lowest BCUT2D eigenvalue weighted by Crippen LogP contribution is -2.53. The summed E-state index contributed by atoms with van der Waals surface area (Å²) in [4.78, 5) is 1.95. The Labute approximate surface area is 105 Å². The van der Waals surface area contributed by atoms with E-state index in [9.17, 15) is 13.2 Å². The molecule has 1 saturated heterocycles. The second-order valence-corrected chi connectivity index (χ2v) is 5.56. The number of rotatable bonds is 2. The molecule has 1 aromatic carbocycles. The van der Waals surface area contributed by atoms with Gasteiger partial charge >= 0.3 is 6.18 Å². The molecule has 1 aliphatic rings. The minimum Gasteiger partial charge on any atom is -0.370 e. The molecule has 18 heavy (non-hydrogen) atoms. The topological polar surface area (TPSA) is 29.3 Å². The van der Waals surface area contributed by atoms with Gasteiger partial charge in [0, 0.05) is 25.3 Å². The molecule has 0 atom stereocenters. The first-order valence-electron chi connectivity index (χ1n) is 5.88. The van der Waals surface area contributed by atoms with Crippen LogP contribution in [-0.4, -0.2) is 13.1 Å². The van der Waals surface area contributed by atoms with Gasteiger partial charge in [-0.3, -0.25) is 0 Å². The summed E-state index contributed by atoms with van der Waals surface area (Å²) in [5.74, 6) is 0. The summed E-state index contributed by atoms with van der Waals surface area (Å²) in [5, 5.41) is 0. The minimum atomic E-state index is -4.34. The highest BCUT2D eigenvalue weighted by molar-refractivity contribution is 5.54. The van der Waals surface area contributed by atoms with Crippen LogP contribution < -0.4 is 10.6 Å². The van der Waals surface area contributed by atoms with Gasteiger partial charge in [0.15, 0.2) is 0 Å². The molecule has 5 heteroatoms. The molecule has 100 valence electrons. The molecular weight excluding hydrogens is 241 g/mol. The van der Waals surface area contributed by atoms with Gasteiger partial charge in [-0.05, 0) is 23.1 Å². The van der Waals surface area contributed by atoms with Crippen molar-refractivity contribution in [2.45, 2.75) is 26.6 Å². The van der Waals surface area contributed by atoms with Crippen LogP contribution in [0.2, 0.25) is 0 Å². The number of nitrogens with two attached hydrogens (primary N) is 1. The van der Waals surface area contributed by atoms with Crippen molar-refractivity contribution >= 4 is 5.69 Å². The first-order valence-corrected chi connectivity index (χ1v) is 5.88. The van der Waals surface area contributed by atoms with Crippen molar-refractivity contribution in [3.63, 3.8) is 0 Å². The maximum Gasteiger partial charge on any atom is 0.416 e. The van der Waals surface area contributed by atoms with Gasteiger partial charge < -0.3 is 10.6 Å². The molecule has 0 aliphatic carbocycles. The van der Waals surface area contributed by atoms with E-state index in [1.54, 1.807) is 6.07 Å².